The average Bonchev–Trinajstić information content (AvgIpc) is 3.28. The zero-order chi connectivity index (χ0) is 22.3. The Morgan fingerprint density at radius 2 is 1.91 bits per heavy atom. The Balaban J connectivity index is 1.54. The molecule has 0 aliphatic carbocycles. The number of halogens is 1. The van der Waals surface area contributed by atoms with Gasteiger partial charge < -0.3 is 4.74 Å². The largest absolute Gasteiger partial charge is 0.494 e. The number of aromatic nitrogens is 2. The molecule has 2 aromatic carbocycles. The van der Waals surface area contributed by atoms with Crippen molar-refractivity contribution in [3.8, 4) is 5.75 Å². The summed E-state index contributed by atoms with van der Waals surface area (Å²) in [6.07, 6.45) is 4.67. The molecular formula is C24H22ClN3O2S2. The monoisotopic (exact) mass is 483 g/mol. The third-order valence-electron chi connectivity index (χ3n) is 4.84. The molecule has 164 valence electrons. The van der Waals surface area contributed by atoms with Crippen molar-refractivity contribution in [2.45, 2.75) is 24.3 Å². The zero-order valence-corrected chi connectivity index (χ0v) is 19.9. The minimum absolute atomic E-state index is 0.0321. The van der Waals surface area contributed by atoms with Gasteiger partial charge in [-0.3, -0.25) is 14.7 Å². The van der Waals surface area contributed by atoms with Crippen molar-refractivity contribution >= 4 is 56.0 Å². The number of hydrogen-bond acceptors (Lipinski definition) is 6. The molecule has 0 aliphatic rings. The number of ether oxygens (including phenoxy) is 1. The number of nitrogens with zero attached hydrogens (tertiary/aromatic N) is 3. The van der Waals surface area contributed by atoms with Crippen molar-refractivity contribution in [2.75, 3.05) is 17.8 Å². The van der Waals surface area contributed by atoms with Crippen LogP contribution in [-0.2, 0) is 11.3 Å². The fraction of sp³-hybridized carbons (Fsp3) is 0.208. The molecule has 4 rings (SSSR count). The fourth-order valence-electron chi connectivity index (χ4n) is 3.22. The van der Waals surface area contributed by atoms with Crippen LogP contribution < -0.4 is 9.64 Å². The Hall–Kier alpha value is -2.61. The van der Waals surface area contributed by atoms with Gasteiger partial charge in [0.1, 0.15) is 11.3 Å². The molecule has 0 saturated carbocycles. The molecule has 5 nitrogen and oxygen atoms in total. The van der Waals surface area contributed by atoms with Gasteiger partial charge in [0.25, 0.3) is 0 Å². The molecule has 2 heterocycles. The van der Waals surface area contributed by atoms with Crippen LogP contribution in [0, 0.1) is 0 Å². The number of anilines is 1. The summed E-state index contributed by atoms with van der Waals surface area (Å²) in [5.74, 6) is 1.55. The van der Waals surface area contributed by atoms with Crippen LogP contribution in [0.1, 0.15) is 18.4 Å². The van der Waals surface area contributed by atoms with Gasteiger partial charge in [-0.25, -0.2) is 4.98 Å². The fourth-order valence-corrected chi connectivity index (χ4v) is 5.37. The Bertz CT molecular complexity index is 1190. The number of amides is 1. The molecule has 0 N–H and O–H groups in total. The highest BCUT2D eigenvalue weighted by molar-refractivity contribution is 7.99. The van der Waals surface area contributed by atoms with Gasteiger partial charge in [-0.1, -0.05) is 41.1 Å². The molecule has 4 aromatic rings. The maximum absolute atomic E-state index is 13.3. The molecule has 0 fully saturated rings. The smallest absolute Gasteiger partial charge is 0.229 e. The molecule has 0 radical (unpaired) electrons. The highest BCUT2D eigenvalue weighted by Crippen LogP contribution is 2.39. The number of thiazole rings is 1. The minimum Gasteiger partial charge on any atom is -0.494 e. The topological polar surface area (TPSA) is 55.3 Å². The summed E-state index contributed by atoms with van der Waals surface area (Å²) in [7, 11) is 1.60. The molecule has 0 saturated heterocycles. The van der Waals surface area contributed by atoms with E-state index in [4.69, 9.17) is 21.3 Å². The van der Waals surface area contributed by atoms with Gasteiger partial charge in [0.05, 0.1) is 23.4 Å². The van der Waals surface area contributed by atoms with Gasteiger partial charge in [-0.05, 0) is 54.1 Å². The molecular weight excluding hydrogens is 462 g/mol. The lowest BCUT2D eigenvalue weighted by atomic mass is 10.2. The van der Waals surface area contributed by atoms with Gasteiger partial charge in [0.15, 0.2) is 5.13 Å². The number of hydrogen-bond donors (Lipinski definition) is 0. The third kappa shape index (κ3) is 5.41. The van der Waals surface area contributed by atoms with E-state index in [1.807, 2.05) is 30.3 Å². The number of thioether (sulfide) groups is 1. The van der Waals surface area contributed by atoms with Crippen LogP contribution >= 0.6 is 34.7 Å². The van der Waals surface area contributed by atoms with E-state index in [9.17, 15) is 4.79 Å². The maximum Gasteiger partial charge on any atom is 0.229 e. The normalized spacial score (nSPS) is 10.9. The maximum atomic E-state index is 13.3. The lowest BCUT2D eigenvalue weighted by Gasteiger charge is -2.20. The quantitative estimate of drug-likeness (QED) is 0.202. The van der Waals surface area contributed by atoms with Gasteiger partial charge in [-0.15, -0.1) is 11.8 Å². The van der Waals surface area contributed by atoms with E-state index >= 15 is 0 Å². The number of benzene rings is 2. The van der Waals surface area contributed by atoms with Crippen LogP contribution in [0.3, 0.4) is 0 Å². The van der Waals surface area contributed by atoms with Crippen molar-refractivity contribution in [1.29, 1.82) is 0 Å². The summed E-state index contributed by atoms with van der Waals surface area (Å²) in [4.78, 5) is 25.0. The summed E-state index contributed by atoms with van der Waals surface area (Å²) in [5, 5.41) is 1.21. The summed E-state index contributed by atoms with van der Waals surface area (Å²) in [6, 6.07) is 17.6. The number of fused-ring (bicyclic) bond motifs is 1. The van der Waals surface area contributed by atoms with Crippen LogP contribution in [0.15, 0.2) is 71.9 Å². The van der Waals surface area contributed by atoms with Crippen LogP contribution in [0.4, 0.5) is 5.13 Å². The number of rotatable bonds is 9. The molecule has 2 aromatic heterocycles. The first-order valence-corrected chi connectivity index (χ1v) is 12.3. The van der Waals surface area contributed by atoms with Crippen LogP contribution in [0.5, 0.6) is 5.75 Å². The van der Waals surface area contributed by atoms with E-state index in [1.165, 1.54) is 16.2 Å². The second kappa shape index (κ2) is 10.8. The van der Waals surface area contributed by atoms with Crippen LogP contribution in [0.2, 0.25) is 5.02 Å². The standard InChI is InChI=1S/C24H22ClN3O2S2/c1-30-20-10-9-19(25)23-22(20)27-24(32-23)28(16-17-11-13-26-14-12-17)21(29)8-5-15-31-18-6-3-2-4-7-18/h2-4,6-7,9-14H,5,8,15-16H2,1H3. The highest BCUT2D eigenvalue weighted by Gasteiger charge is 2.22. The first-order valence-electron chi connectivity index (χ1n) is 10.2. The van der Waals surface area contributed by atoms with E-state index in [2.05, 4.69) is 17.1 Å². The molecule has 0 spiro atoms. The average molecular weight is 484 g/mol. The first-order chi connectivity index (χ1) is 15.7. The SMILES string of the molecule is COc1ccc(Cl)c2sc(N(Cc3ccncc3)C(=O)CCCSc3ccccc3)nc12. The van der Waals surface area contributed by atoms with E-state index in [0.717, 1.165) is 22.4 Å². The summed E-state index contributed by atoms with van der Waals surface area (Å²) in [5.41, 5.74) is 1.66. The van der Waals surface area contributed by atoms with E-state index in [-0.39, 0.29) is 5.91 Å². The van der Waals surface area contributed by atoms with Gasteiger partial charge in [-0.2, -0.15) is 0 Å². The van der Waals surface area contributed by atoms with Crippen molar-refractivity contribution in [3.05, 3.63) is 77.6 Å². The van der Waals surface area contributed by atoms with Crippen LogP contribution in [-0.4, -0.2) is 28.7 Å². The summed E-state index contributed by atoms with van der Waals surface area (Å²) >= 11 is 9.57. The van der Waals surface area contributed by atoms with Crippen molar-refractivity contribution in [2.24, 2.45) is 0 Å². The summed E-state index contributed by atoms with van der Waals surface area (Å²) in [6.45, 7) is 0.424. The molecule has 0 aliphatic heterocycles. The molecule has 8 heteroatoms. The Morgan fingerprint density at radius 3 is 2.66 bits per heavy atom. The molecule has 32 heavy (non-hydrogen) atoms. The molecule has 0 unspecified atom stereocenters. The zero-order valence-electron chi connectivity index (χ0n) is 17.5. The Morgan fingerprint density at radius 1 is 1.12 bits per heavy atom. The minimum atomic E-state index is 0.0321. The van der Waals surface area contributed by atoms with E-state index < -0.39 is 0 Å². The van der Waals surface area contributed by atoms with Crippen molar-refractivity contribution < 1.29 is 9.53 Å². The number of carbonyl (C=O) groups excluding carboxylic acids is 1. The second-order valence-corrected chi connectivity index (χ2v) is 9.58. The number of pyridine rings is 1. The third-order valence-corrected chi connectivity index (χ3v) is 7.47. The Kier molecular flexibility index (Phi) is 7.63. The van der Waals surface area contributed by atoms with Crippen molar-refractivity contribution in [1.82, 2.24) is 9.97 Å². The highest BCUT2D eigenvalue weighted by atomic mass is 35.5. The number of methoxy groups -OCH3 is 1. The molecule has 1 amide bonds. The first kappa shape index (κ1) is 22.6. The summed E-state index contributed by atoms with van der Waals surface area (Å²) < 4.78 is 6.26. The predicted molar refractivity (Wildman–Crippen MR) is 133 cm³/mol. The molecule has 0 bridgehead atoms. The van der Waals surface area contributed by atoms with Gasteiger partial charge >= 0.3 is 0 Å². The van der Waals surface area contributed by atoms with E-state index in [1.54, 1.807) is 48.3 Å². The second-order valence-electron chi connectivity index (χ2n) is 7.02. The Labute approximate surface area is 200 Å². The lowest BCUT2D eigenvalue weighted by molar-refractivity contribution is -0.118. The van der Waals surface area contributed by atoms with Crippen molar-refractivity contribution in [3.63, 3.8) is 0 Å². The molecule has 0 atom stereocenters. The number of carbonyl (C=O) groups is 1. The van der Waals surface area contributed by atoms with Crippen LogP contribution in [0.25, 0.3) is 10.2 Å². The van der Waals surface area contributed by atoms with Gasteiger partial charge in [0, 0.05) is 23.7 Å². The predicted octanol–water partition coefficient (Wildman–Crippen LogP) is 6.46. The van der Waals surface area contributed by atoms with Gasteiger partial charge in [0.2, 0.25) is 5.91 Å². The van der Waals surface area contributed by atoms with E-state index in [0.29, 0.717) is 34.4 Å². The lowest BCUT2D eigenvalue weighted by Crippen LogP contribution is -2.30.